The molecule has 11 rings (SSSR count). The summed E-state index contributed by atoms with van der Waals surface area (Å²) in [5.74, 6) is 0.594. The van der Waals surface area contributed by atoms with E-state index < -0.39 is 0 Å². The number of rotatable bonds is 5. The van der Waals surface area contributed by atoms with E-state index in [0.717, 1.165) is 104 Å². The molecule has 0 bridgehead atoms. The van der Waals surface area contributed by atoms with Crippen LogP contribution in [-0.4, -0.2) is 11.5 Å². The molecule has 0 saturated heterocycles. The Balaban J connectivity index is 1.11. The van der Waals surface area contributed by atoms with Gasteiger partial charge in [-0.15, -0.1) is 0 Å². The van der Waals surface area contributed by atoms with Gasteiger partial charge in [0.1, 0.15) is 22.3 Å². The van der Waals surface area contributed by atoms with Crippen LogP contribution in [-0.2, 0) is 0 Å². The van der Waals surface area contributed by atoms with Crippen molar-refractivity contribution in [3.8, 4) is 11.1 Å². The predicted octanol–water partition coefficient (Wildman–Crippen LogP) is 14.5. The Morgan fingerprint density at radius 3 is 1.98 bits per heavy atom. The van der Waals surface area contributed by atoms with Crippen molar-refractivity contribution in [2.75, 3.05) is 0 Å². The number of hydrogen-bond acceptors (Lipinski definition) is 3. The molecular formula is C53H34N2O2. The Morgan fingerprint density at radius 2 is 1.14 bits per heavy atom. The highest BCUT2D eigenvalue weighted by atomic mass is 16.3. The Morgan fingerprint density at radius 1 is 0.456 bits per heavy atom. The van der Waals surface area contributed by atoms with Crippen molar-refractivity contribution in [1.29, 1.82) is 0 Å². The maximum atomic E-state index is 6.61. The highest BCUT2D eigenvalue weighted by Gasteiger charge is 2.20. The minimum Gasteiger partial charge on any atom is -0.456 e. The van der Waals surface area contributed by atoms with E-state index in [4.69, 9.17) is 18.8 Å². The molecule has 4 nitrogen and oxygen atoms in total. The lowest BCUT2D eigenvalue weighted by atomic mass is 9.95. The van der Waals surface area contributed by atoms with Crippen molar-refractivity contribution in [2.24, 2.45) is 9.98 Å². The van der Waals surface area contributed by atoms with Gasteiger partial charge < -0.3 is 8.83 Å². The van der Waals surface area contributed by atoms with Gasteiger partial charge in [-0.2, -0.15) is 0 Å². The first-order chi connectivity index (χ1) is 28.1. The number of aliphatic imine (C=N–C) groups is 2. The number of fused-ring (bicyclic) bond motifs is 11. The molecule has 4 heteroatoms. The van der Waals surface area contributed by atoms with Gasteiger partial charge in [0.05, 0.1) is 5.70 Å². The van der Waals surface area contributed by atoms with Crippen molar-refractivity contribution < 1.29 is 8.83 Å². The second-order valence-corrected chi connectivity index (χ2v) is 14.6. The van der Waals surface area contributed by atoms with Gasteiger partial charge in [-0.1, -0.05) is 146 Å². The number of amidine groups is 1. The summed E-state index contributed by atoms with van der Waals surface area (Å²) in [6.45, 7) is 6.47. The van der Waals surface area contributed by atoms with Gasteiger partial charge in [-0.3, -0.25) is 0 Å². The molecule has 0 spiro atoms. The van der Waals surface area contributed by atoms with Crippen molar-refractivity contribution in [3.63, 3.8) is 0 Å². The summed E-state index contributed by atoms with van der Waals surface area (Å²) in [7, 11) is 0. The molecule has 0 fully saturated rings. The quantitative estimate of drug-likeness (QED) is 0.101. The zero-order valence-corrected chi connectivity index (χ0v) is 31.2. The third-order valence-corrected chi connectivity index (χ3v) is 11.2. The van der Waals surface area contributed by atoms with E-state index in [-0.39, 0.29) is 0 Å². The predicted molar refractivity (Wildman–Crippen MR) is 240 cm³/mol. The highest BCUT2D eigenvalue weighted by molar-refractivity contribution is 6.26. The van der Waals surface area contributed by atoms with E-state index in [2.05, 4.69) is 141 Å². The largest absolute Gasteiger partial charge is 0.456 e. The summed E-state index contributed by atoms with van der Waals surface area (Å²) in [6, 6.07) is 60.9. The zero-order valence-electron chi connectivity index (χ0n) is 31.2. The Labute approximate surface area is 328 Å². The summed E-state index contributed by atoms with van der Waals surface area (Å²) in [5.41, 5.74) is 9.78. The summed E-state index contributed by atoms with van der Waals surface area (Å²) in [6.07, 6.45) is 0. The molecule has 0 saturated carbocycles. The molecule has 9 aromatic carbocycles. The number of hydrogen-bond donors (Lipinski definition) is 0. The number of benzene rings is 9. The van der Waals surface area contributed by atoms with Gasteiger partial charge >= 0.3 is 0 Å². The minimum absolute atomic E-state index is 0.594. The molecule has 0 unspecified atom stereocenters. The van der Waals surface area contributed by atoms with Crippen LogP contribution in [0.4, 0.5) is 0 Å². The number of furan rings is 2. The fourth-order valence-corrected chi connectivity index (χ4v) is 8.51. The van der Waals surface area contributed by atoms with E-state index in [0.29, 0.717) is 11.5 Å². The van der Waals surface area contributed by atoms with Crippen LogP contribution in [0.3, 0.4) is 0 Å². The second-order valence-electron chi connectivity index (χ2n) is 14.6. The van der Waals surface area contributed by atoms with Gasteiger partial charge in [0.15, 0.2) is 5.84 Å². The van der Waals surface area contributed by atoms with E-state index in [9.17, 15) is 0 Å². The van der Waals surface area contributed by atoms with Crippen LogP contribution in [0.25, 0.3) is 93.0 Å². The monoisotopic (exact) mass is 730 g/mol. The molecule has 268 valence electrons. The van der Waals surface area contributed by atoms with Crippen molar-refractivity contribution >= 4 is 93.4 Å². The summed E-state index contributed by atoms with van der Waals surface area (Å²) in [4.78, 5) is 10.6. The second kappa shape index (κ2) is 13.0. The fraction of sp³-hybridized carbons (Fsp3) is 0.0189. The minimum atomic E-state index is 0.594. The zero-order chi connectivity index (χ0) is 38.0. The van der Waals surface area contributed by atoms with Crippen LogP contribution >= 0.6 is 0 Å². The van der Waals surface area contributed by atoms with Crippen molar-refractivity contribution in [1.82, 2.24) is 0 Å². The van der Waals surface area contributed by atoms with Crippen molar-refractivity contribution in [3.05, 3.63) is 199 Å². The Kier molecular flexibility index (Phi) is 7.51. The average molecular weight is 731 g/mol. The molecule has 0 radical (unpaired) electrons. The van der Waals surface area contributed by atoms with Gasteiger partial charge in [0.25, 0.3) is 0 Å². The lowest BCUT2D eigenvalue weighted by Gasteiger charge is -2.13. The lowest BCUT2D eigenvalue weighted by molar-refractivity contribution is 0.669. The van der Waals surface area contributed by atoms with Crippen LogP contribution in [0.2, 0.25) is 0 Å². The molecule has 11 aromatic rings. The molecular weight excluding hydrogens is 697 g/mol. The molecule has 0 aliphatic heterocycles. The average Bonchev–Trinajstić information content (AvgIpc) is 3.85. The normalized spacial score (nSPS) is 12.6. The molecule has 2 heterocycles. The maximum Gasteiger partial charge on any atom is 0.160 e. The number of nitrogens with zero attached hydrogens (tertiary/aromatic N) is 2. The third-order valence-electron chi connectivity index (χ3n) is 11.2. The maximum absolute atomic E-state index is 6.61. The van der Waals surface area contributed by atoms with Crippen LogP contribution in [0.15, 0.2) is 201 Å². The van der Waals surface area contributed by atoms with E-state index in [1.54, 1.807) is 0 Å². The van der Waals surface area contributed by atoms with E-state index in [1.807, 2.05) is 48.5 Å². The summed E-state index contributed by atoms with van der Waals surface area (Å²) < 4.78 is 13.2. The SMILES string of the molecule is C=C(/N=C(\N=C(/C)c1cccc2oc3cccc(-c4ccc5c(c4)oc4c6ccccc6ccc54)c3c12)c1cc2ccccc2c2ccccc12)c1ccccc1. The first-order valence-corrected chi connectivity index (χ1v) is 19.2. The fourth-order valence-electron chi connectivity index (χ4n) is 8.51. The molecule has 0 aliphatic rings. The van der Waals surface area contributed by atoms with E-state index in [1.165, 1.54) is 5.39 Å². The van der Waals surface area contributed by atoms with Crippen molar-refractivity contribution in [2.45, 2.75) is 6.92 Å². The van der Waals surface area contributed by atoms with Gasteiger partial charge in [0, 0.05) is 43.8 Å². The van der Waals surface area contributed by atoms with Crippen LogP contribution in [0.5, 0.6) is 0 Å². The third kappa shape index (κ3) is 5.37. The molecule has 0 N–H and O–H groups in total. The smallest absolute Gasteiger partial charge is 0.160 e. The first-order valence-electron chi connectivity index (χ1n) is 19.2. The molecule has 57 heavy (non-hydrogen) atoms. The van der Waals surface area contributed by atoms with Crippen LogP contribution in [0.1, 0.15) is 23.6 Å². The van der Waals surface area contributed by atoms with Gasteiger partial charge in [-0.05, 0) is 86.9 Å². The topological polar surface area (TPSA) is 51.0 Å². The summed E-state index contributed by atoms with van der Waals surface area (Å²) in [5, 5.41) is 11.1. The first kappa shape index (κ1) is 32.8. The standard InChI is InChI=1S/C53H34N2O2/c1-32(34-14-4-3-5-15-34)54-53(46-30-36-17-7-8-18-39(36)42-20-10-11-21-43(42)46)55-33(2)38-22-12-24-47-50(38)51-40(23-13-25-48(51)56-47)37-27-28-44-45-29-26-35-16-6-9-19-41(35)52(45)57-49(44)31-37/h3-31H,1H2,2H3/b54-53-,55-33+. The Bertz CT molecular complexity index is 3490. The molecule has 0 atom stereocenters. The van der Waals surface area contributed by atoms with Crippen LogP contribution in [0, 0.1) is 0 Å². The van der Waals surface area contributed by atoms with E-state index >= 15 is 0 Å². The summed E-state index contributed by atoms with van der Waals surface area (Å²) >= 11 is 0. The Hall–Kier alpha value is -7.56. The van der Waals surface area contributed by atoms with Gasteiger partial charge in [-0.25, -0.2) is 9.98 Å². The molecule has 2 aromatic heterocycles. The van der Waals surface area contributed by atoms with Gasteiger partial charge in [0.2, 0.25) is 0 Å². The lowest BCUT2D eigenvalue weighted by Crippen LogP contribution is -2.06. The molecule has 0 amide bonds. The highest BCUT2D eigenvalue weighted by Crippen LogP contribution is 2.41. The van der Waals surface area contributed by atoms with Crippen LogP contribution < -0.4 is 0 Å². The molecule has 0 aliphatic carbocycles.